The number of nitrogens with zero attached hydrogens (tertiary/aromatic N) is 2. The van der Waals surface area contributed by atoms with Gasteiger partial charge < -0.3 is 10.3 Å². The Kier molecular flexibility index (Phi) is 3.51. The molecule has 0 spiro atoms. The summed E-state index contributed by atoms with van der Waals surface area (Å²) in [6, 6.07) is 12.7. The fourth-order valence-corrected chi connectivity index (χ4v) is 3.05. The predicted octanol–water partition coefficient (Wildman–Crippen LogP) is 4.44. The van der Waals surface area contributed by atoms with Crippen molar-refractivity contribution in [1.29, 1.82) is 0 Å². The predicted molar refractivity (Wildman–Crippen MR) is 90.9 cm³/mol. The van der Waals surface area contributed by atoms with E-state index in [4.69, 9.17) is 0 Å². The molecule has 2 heterocycles. The van der Waals surface area contributed by atoms with Crippen molar-refractivity contribution in [1.82, 2.24) is 15.0 Å². The number of anilines is 1. The summed E-state index contributed by atoms with van der Waals surface area (Å²) in [5.41, 5.74) is 3.45. The summed E-state index contributed by atoms with van der Waals surface area (Å²) >= 11 is 1.60. The molecule has 0 atom stereocenters. The van der Waals surface area contributed by atoms with Gasteiger partial charge in [-0.05, 0) is 24.3 Å². The number of aromatic amines is 1. The molecule has 2 aromatic heterocycles. The molecule has 0 bridgehead atoms. The number of hydrogen-bond donors (Lipinski definition) is 2. The normalized spacial score (nSPS) is 11.0. The summed E-state index contributed by atoms with van der Waals surface area (Å²) in [4.78, 5) is 12.0. The topological polar surface area (TPSA) is 53.6 Å². The molecule has 4 rings (SSSR count). The van der Waals surface area contributed by atoms with Gasteiger partial charge >= 0.3 is 0 Å². The van der Waals surface area contributed by atoms with Crippen molar-refractivity contribution in [2.45, 2.75) is 6.54 Å². The first kappa shape index (κ1) is 13.9. The van der Waals surface area contributed by atoms with Crippen LogP contribution in [0.4, 0.5) is 10.3 Å². The van der Waals surface area contributed by atoms with Crippen LogP contribution in [-0.4, -0.2) is 15.0 Å². The molecule has 0 aliphatic heterocycles. The molecular weight excluding hydrogens is 311 g/mol. The Balaban J connectivity index is 1.58. The molecule has 2 N–H and O–H groups in total. The van der Waals surface area contributed by atoms with Crippen LogP contribution in [-0.2, 0) is 6.54 Å². The molecular formula is C17H13FN4S. The molecule has 23 heavy (non-hydrogen) atoms. The second-order valence-electron chi connectivity index (χ2n) is 5.10. The van der Waals surface area contributed by atoms with E-state index in [1.54, 1.807) is 29.7 Å². The monoisotopic (exact) mass is 324 g/mol. The van der Waals surface area contributed by atoms with E-state index >= 15 is 0 Å². The minimum atomic E-state index is -0.220. The van der Waals surface area contributed by atoms with Crippen molar-refractivity contribution in [3.05, 3.63) is 65.4 Å². The Bertz CT molecular complexity index is 946. The molecule has 0 fully saturated rings. The Morgan fingerprint density at radius 2 is 2.09 bits per heavy atom. The third-order valence-corrected chi connectivity index (χ3v) is 4.39. The summed E-state index contributed by atoms with van der Waals surface area (Å²) in [6.07, 6.45) is 1.79. The molecule has 0 aliphatic rings. The maximum absolute atomic E-state index is 13.6. The van der Waals surface area contributed by atoms with Crippen molar-refractivity contribution >= 4 is 28.3 Å². The smallest absolute Gasteiger partial charge is 0.201 e. The second-order valence-corrected chi connectivity index (χ2v) is 5.99. The quantitative estimate of drug-likeness (QED) is 0.583. The molecule has 0 saturated heterocycles. The van der Waals surface area contributed by atoms with Crippen molar-refractivity contribution in [2.75, 3.05) is 5.32 Å². The third-order valence-electron chi connectivity index (χ3n) is 3.57. The Labute approximate surface area is 136 Å². The summed E-state index contributed by atoms with van der Waals surface area (Å²) in [6.45, 7) is 0.381. The van der Waals surface area contributed by atoms with E-state index in [1.165, 1.54) is 6.07 Å². The van der Waals surface area contributed by atoms with Gasteiger partial charge in [-0.15, -0.1) is 11.3 Å². The van der Waals surface area contributed by atoms with Gasteiger partial charge in [-0.2, -0.15) is 0 Å². The van der Waals surface area contributed by atoms with Crippen LogP contribution in [0, 0.1) is 5.82 Å². The molecule has 0 radical (unpaired) electrons. The first-order valence-corrected chi connectivity index (χ1v) is 8.04. The van der Waals surface area contributed by atoms with Crippen molar-refractivity contribution in [3.8, 4) is 10.6 Å². The fraction of sp³-hybridized carbons (Fsp3) is 0.0588. The molecule has 0 unspecified atom stereocenters. The van der Waals surface area contributed by atoms with E-state index in [-0.39, 0.29) is 5.82 Å². The van der Waals surface area contributed by atoms with Gasteiger partial charge in [-0.1, -0.05) is 18.2 Å². The van der Waals surface area contributed by atoms with Gasteiger partial charge in [0.2, 0.25) is 5.95 Å². The number of imidazole rings is 1. The number of thiazole rings is 1. The fourth-order valence-electron chi connectivity index (χ4n) is 2.41. The van der Waals surface area contributed by atoms with Gasteiger partial charge in [0.1, 0.15) is 10.8 Å². The number of nitrogens with one attached hydrogen (secondary N) is 2. The molecule has 2 aromatic carbocycles. The Hall–Kier alpha value is -2.73. The lowest BCUT2D eigenvalue weighted by Crippen LogP contribution is -2.02. The SMILES string of the molecule is Fc1ccccc1CNc1nc2ccc(-c3nccs3)cc2[nH]1. The van der Waals surface area contributed by atoms with Crippen LogP contribution in [0.5, 0.6) is 0 Å². The van der Waals surface area contributed by atoms with E-state index in [0.29, 0.717) is 18.1 Å². The van der Waals surface area contributed by atoms with Crippen molar-refractivity contribution < 1.29 is 4.39 Å². The Morgan fingerprint density at radius 3 is 2.91 bits per heavy atom. The minimum Gasteiger partial charge on any atom is -0.352 e. The second kappa shape index (κ2) is 5.81. The standard InChI is InChI=1S/C17H13FN4S/c18-13-4-2-1-3-12(13)10-20-17-21-14-6-5-11(9-15(14)22-17)16-19-7-8-23-16/h1-9H,10H2,(H2,20,21,22). The summed E-state index contributed by atoms with van der Waals surface area (Å²) in [7, 11) is 0. The lowest BCUT2D eigenvalue weighted by atomic mass is 10.2. The van der Waals surface area contributed by atoms with Gasteiger partial charge in [0.15, 0.2) is 0 Å². The summed E-state index contributed by atoms with van der Waals surface area (Å²) in [5, 5.41) is 6.05. The van der Waals surface area contributed by atoms with Crippen molar-refractivity contribution in [3.63, 3.8) is 0 Å². The average molecular weight is 324 g/mol. The molecule has 0 amide bonds. The Morgan fingerprint density at radius 1 is 1.17 bits per heavy atom. The first-order valence-electron chi connectivity index (χ1n) is 7.16. The van der Waals surface area contributed by atoms with Gasteiger partial charge in [-0.25, -0.2) is 14.4 Å². The average Bonchev–Trinajstić information content (AvgIpc) is 3.22. The molecule has 0 aliphatic carbocycles. The number of hydrogen-bond acceptors (Lipinski definition) is 4. The van der Waals surface area contributed by atoms with Crippen molar-refractivity contribution in [2.24, 2.45) is 0 Å². The van der Waals surface area contributed by atoms with Crippen LogP contribution in [0.3, 0.4) is 0 Å². The number of H-pyrrole nitrogens is 1. The number of halogens is 1. The zero-order chi connectivity index (χ0) is 15.6. The van der Waals surface area contributed by atoms with E-state index in [9.17, 15) is 4.39 Å². The maximum atomic E-state index is 13.6. The highest BCUT2D eigenvalue weighted by Crippen LogP contribution is 2.25. The van der Waals surface area contributed by atoms with E-state index < -0.39 is 0 Å². The molecule has 114 valence electrons. The summed E-state index contributed by atoms with van der Waals surface area (Å²) in [5.74, 6) is 0.404. The first-order chi connectivity index (χ1) is 11.3. The molecule has 0 saturated carbocycles. The van der Waals surface area contributed by atoms with E-state index in [2.05, 4.69) is 20.3 Å². The van der Waals surface area contributed by atoms with Crippen LogP contribution in [0.1, 0.15) is 5.56 Å². The zero-order valence-corrected chi connectivity index (χ0v) is 12.9. The number of benzene rings is 2. The highest BCUT2D eigenvalue weighted by atomic mass is 32.1. The van der Waals surface area contributed by atoms with Crippen LogP contribution in [0.15, 0.2) is 54.0 Å². The van der Waals surface area contributed by atoms with Crippen LogP contribution in [0.2, 0.25) is 0 Å². The van der Waals surface area contributed by atoms with Crippen LogP contribution < -0.4 is 5.32 Å². The third kappa shape index (κ3) is 2.80. The lowest BCUT2D eigenvalue weighted by molar-refractivity contribution is 0.613. The number of rotatable bonds is 4. The van der Waals surface area contributed by atoms with Gasteiger partial charge in [-0.3, -0.25) is 0 Å². The zero-order valence-electron chi connectivity index (χ0n) is 12.1. The van der Waals surface area contributed by atoms with Crippen LogP contribution in [0.25, 0.3) is 21.6 Å². The van der Waals surface area contributed by atoms with Crippen LogP contribution >= 0.6 is 11.3 Å². The van der Waals surface area contributed by atoms with Gasteiger partial charge in [0, 0.05) is 29.2 Å². The number of fused-ring (bicyclic) bond motifs is 1. The highest BCUT2D eigenvalue weighted by molar-refractivity contribution is 7.13. The largest absolute Gasteiger partial charge is 0.352 e. The highest BCUT2D eigenvalue weighted by Gasteiger charge is 2.07. The van der Waals surface area contributed by atoms with Gasteiger partial charge in [0.05, 0.1) is 11.0 Å². The van der Waals surface area contributed by atoms with E-state index in [0.717, 1.165) is 21.6 Å². The molecule has 6 heteroatoms. The number of aromatic nitrogens is 3. The van der Waals surface area contributed by atoms with E-state index in [1.807, 2.05) is 29.6 Å². The summed E-state index contributed by atoms with van der Waals surface area (Å²) < 4.78 is 13.6. The van der Waals surface area contributed by atoms with Gasteiger partial charge in [0.25, 0.3) is 0 Å². The maximum Gasteiger partial charge on any atom is 0.201 e. The lowest BCUT2D eigenvalue weighted by Gasteiger charge is -2.03. The molecule has 4 nitrogen and oxygen atoms in total. The minimum absolute atomic E-state index is 0.220. The molecule has 4 aromatic rings.